The summed E-state index contributed by atoms with van der Waals surface area (Å²) in [5.41, 5.74) is 3.04. The summed E-state index contributed by atoms with van der Waals surface area (Å²) < 4.78 is 0. The summed E-state index contributed by atoms with van der Waals surface area (Å²) in [5, 5.41) is 10.1. The highest BCUT2D eigenvalue weighted by Crippen LogP contribution is 2.33. The van der Waals surface area contributed by atoms with E-state index in [4.69, 9.17) is 0 Å². The number of rotatable bonds is 5. The van der Waals surface area contributed by atoms with E-state index >= 15 is 0 Å². The van der Waals surface area contributed by atoms with Crippen molar-refractivity contribution in [3.63, 3.8) is 0 Å². The van der Waals surface area contributed by atoms with Crippen molar-refractivity contribution in [2.24, 2.45) is 5.92 Å². The fraction of sp³-hybridized carbons (Fsp3) is 0.533. The van der Waals surface area contributed by atoms with Crippen molar-refractivity contribution in [3.8, 4) is 6.07 Å². The largest absolute Gasteiger partial charge is 0.368 e. The maximum absolute atomic E-state index is 9.33. The van der Waals surface area contributed by atoms with Crippen LogP contribution >= 0.6 is 15.9 Å². The zero-order chi connectivity index (χ0) is 13.1. The quantitative estimate of drug-likeness (QED) is 0.767. The van der Waals surface area contributed by atoms with E-state index in [-0.39, 0.29) is 0 Å². The van der Waals surface area contributed by atoms with Crippen LogP contribution in [0.5, 0.6) is 0 Å². The van der Waals surface area contributed by atoms with Crippen LogP contribution in [0, 0.1) is 17.2 Å². The summed E-state index contributed by atoms with van der Waals surface area (Å²) in [6.45, 7) is 5.48. The summed E-state index contributed by atoms with van der Waals surface area (Å²) in [6.07, 6.45) is 2.68. The van der Waals surface area contributed by atoms with E-state index in [9.17, 15) is 5.26 Å². The first-order valence-corrected chi connectivity index (χ1v) is 7.63. The number of hydrogen-bond acceptors (Lipinski definition) is 2. The Morgan fingerprint density at radius 1 is 1.44 bits per heavy atom. The van der Waals surface area contributed by atoms with Crippen molar-refractivity contribution in [1.82, 2.24) is 0 Å². The van der Waals surface area contributed by atoms with Gasteiger partial charge in [-0.1, -0.05) is 22.0 Å². The molecule has 0 radical (unpaired) electrons. The lowest BCUT2D eigenvalue weighted by Gasteiger charge is -2.30. The van der Waals surface area contributed by atoms with Crippen LogP contribution in [0.1, 0.15) is 37.8 Å². The fourth-order valence-corrected chi connectivity index (χ4v) is 2.52. The van der Waals surface area contributed by atoms with E-state index in [1.54, 1.807) is 0 Å². The number of halogens is 1. The van der Waals surface area contributed by atoms with Crippen LogP contribution in [0.4, 0.5) is 5.69 Å². The molecule has 2 nitrogen and oxygen atoms in total. The predicted octanol–water partition coefficient (Wildman–Crippen LogP) is 4.08. The molecule has 0 saturated heterocycles. The highest BCUT2D eigenvalue weighted by molar-refractivity contribution is 9.08. The summed E-state index contributed by atoms with van der Waals surface area (Å²) in [7, 11) is 0. The monoisotopic (exact) mass is 306 g/mol. The molecule has 0 unspecified atom stereocenters. The first kappa shape index (κ1) is 13.4. The second-order valence-corrected chi connectivity index (χ2v) is 5.85. The first-order chi connectivity index (χ1) is 8.65. The molecule has 1 aromatic rings. The Bertz CT molecular complexity index is 458. The van der Waals surface area contributed by atoms with E-state index in [1.807, 2.05) is 6.07 Å². The van der Waals surface area contributed by atoms with Crippen LogP contribution < -0.4 is 4.90 Å². The standard InChI is InChI=1S/C15H19BrN2/c1-11(2)18(10-12-3-4-12)15-6-5-13(8-16)7-14(15)9-17/h5-7,11-12H,3-4,8,10H2,1-2H3. The molecule has 0 atom stereocenters. The average Bonchev–Trinajstić information content (AvgIpc) is 3.19. The van der Waals surface area contributed by atoms with Gasteiger partial charge in [-0.2, -0.15) is 5.26 Å². The van der Waals surface area contributed by atoms with Crippen LogP contribution in [0.15, 0.2) is 18.2 Å². The van der Waals surface area contributed by atoms with Gasteiger partial charge in [-0.15, -0.1) is 0 Å². The van der Waals surface area contributed by atoms with Gasteiger partial charge in [0.05, 0.1) is 11.3 Å². The van der Waals surface area contributed by atoms with Crippen molar-refractivity contribution >= 4 is 21.6 Å². The number of alkyl halides is 1. The highest BCUT2D eigenvalue weighted by Gasteiger charge is 2.26. The van der Waals surface area contributed by atoms with E-state index in [0.717, 1.165) is 34.6 Å². The topological polar surface area (TPSA) is 27.0 Å². The molecule has 3 heteroatoms. The first-order valence-electron chi connectivity index (χ1n) is 6.51. The third kappa shape index (κ3) is 3.05. The Morgan fingerprint density at radius 2 is 2.17 bits per heavy atom. The molecule has 1 aliphatic rings. The molecule has 2 rings (SSSR count). The zero-order valence-electron chi connectivity index (χ0n) is 11.0. The maximum Gasteiger partial charge on any atom is 0.101 e. The number of hydrogen-bond donors (Lipinski definition) is 0. The number of anilines is 1. The van der Waals surface area contributed by atoms with Crippen molar-refractivity contribution in [2.75, 3.05) is 11.4 Å². The molecule has 0 amide bonds. The molecule has 1 fully saturated rings. The van der Waals surface area contributed by atoms with Crippen molar-refractivity contribution in [1.29, 1.82) is 5.26 Å². The third-order valence-corrected chi connectivity index (χ3v) is 4.07. The van der Waals surface area contributed by atoms with Gasteiger partial charge < -0.3 is 4.90 Å². The molecule has 0 heterocycles. The van der Waals surface area contributed by atoms with Gasteiger partial charge in [0.15, 0.2) is 0 Å². The molecule has 0 spiro atoms. The Kier molecular flexibility index (Phi) is 4.29. The molecule has 18 heavy (non-hydrogen) atoms. The molecule has 1 saturated carbocycles. The molecule has 0 bridgehead atoms. The number of benzene rings is 1. The van der Waals surface area contributed by atoms with Gasteiger partial charge in [0.2, 0.25) is 0 Å². The van der Waals surface area contributed by atoms with E-state index in [0.29, 0.717) is 6.04 Å². The van der Waals surface area contributed by atoms with Gasteiger partial charge >= 0.3 is 0 Å². The number of nitrogens with zero attached hydrogens (tertiary/aromatic N) is 2. The van der Waals surface area contributed by atoms with Gasteiger partial charge in [-0.3, -0.25) is 0 Å². The highest BCUT2D eigenvalue weighted by atomic mass is 79.9. The van der Waals surface area contributed by atoms with Gasteiger partial charge in [0, 0.05) is 17.9 Å². The summed E-state index contributed by atoms with van der Waals surface area (Å²) in [4.78, 5) is 2.37. The molecular formula is C15H19BrN2. The Hall–Kier alpha value is -1.01. The summed E-state index contributed by atoms with van der Waals surface area (Å²) in [5.74, 6) is 0.829. The van der Waals surface area contributed by atoms with Gasteiger partial charge in [-0.05, 0) is 50.3 Å². The minimum atomic E-state index is 0.438. The van der Waals surface area contributed by atoms with E-state index < -0.39 is 0 Å². The second kappa shape index (κ2) is 5.75. The van der Waals surface area contributed by atoms with Gasteiger partial charge in [0.25, 0.3) is 0 Å². The second-order valence-electron chi connectivity index (χ2n) is 5.29. The molecule has 1 aromatic carbocycles. The van der Waals surface area contributed by atoms with Crippen molar-refractivity contribution in [2.45, 2.75) is 38.1 Å². The van der Waals surface area contributed by atoms with E-state index in [1.165, 1.54) is 12.8 Å². The predicted molar refractivity (Wildman–Crippen MR) is 79.0 cm³/mol. The average molecular weight is 307 g/mol. The summed E-state index contributed by atoms with van der Waals surface area (Å²) >= 11 is 3.44. The van der Waals surface area contributed by atoms with Gasteiger partial charge in [0.1, 0.15) is 6.07 Å². The maximum atomic E-state index is 9.33. The lowest BCUT2D eigenvalue weighted by Crippen LogP contribution is -2.33. The normalized spacial score (nSPS) is 14.6. The Morgan fingerprint density at radius 3 is 2.67 bits per heavy atom. The molecule has 1 aliphatic carbocycles. The Labute approximate surface area is 118 Å². The molecule has 0 aliphatic heterocycles. The summed E-state index contributed by atoms with van der Waals surface area (Å²) in [6, 6.07) is 8.97. The third-order valence-electron chi connectivity index (χ3n) is 3.42. The number of nitriles is 1. The van der Waals surface area contributed by atoms with Crippen LogP contribution in [0.2, 0.25) is 0 Å². The fourth-order valence-electron chi connectivity index (χ4n) is 2.17. The van der Waals surface area contributed by atoms with Crippen LogP contribution in [0.3, 0.4) is 0 Å². The smallest absolute Gasteiger partial charge is 0.101 e. The van der Waals surface area contributed by atoms with Crippen LogP contribution in [-0.2, 0) is 5.33 Å². The molecular weight excluding hydrogens is 288 g/mol. The minimum absolute atomic E-state index is 0.438. The molecule has 0 aromatic heterocycles. The van der Waals surface area contributed by atoms with Crippen LogP contribution in [0.25, 0.3) is 0 Å². The van der Waals surface area contributed by atoms with Crippen LogP contribution in [-0.4, -0.2) is 12.6 Å². The van der Waals surface area contributed by atoms with Gasteiger partial charge in [-0.25, -0.2) is 0 Å². The minimum Gasteiger partial charge on any atom is -0.368 e. The van der Waals surface area contributed by atoms with Crippen molar-refractivity contribution < 1.29 is 0 Å². The molecule has 0 N–H and O–H groups in total. The SMILES string of the molecule is CC(C)N(CC1CC1)c1ccc(CBr)cc1C#N. The van der Waals surface area contributed by atoms with Crippen molar-refractivity contribution in [3.05, 3.63) is 29.3 Å². The van der Waals surface area contributed by atoms with E-state index in [2.05, 4.69) is 52.9 Å². The lowest BCUT2D eigenvalue weighted by atomic mass is 10.1. The lowest BCUT2D eigenvalue weighted by molar-refractivity contribution is 0.644. The Balaban J connectivity index is 2.30. The zero-order valence-corrected chi connectivity index (χ0v) is 12.6. The molecule has 96 valence electrons.